The second kappa shape index (κ2) is 8.00. The summed E-state index contributed by atoms with van der Waals surface area (Å²) in [7, 11) is 2.20. The van der Waals surface area contributed by atoms with Crippen molar-refractivity contribution in [2.24, 2.45) is 4.99 Å². The number of aryl methyl sites for hydroxylation is 1. The average molecular weight is 423 g/mol. The van der Waals surface area contributed by atoms with Crippen molar-refractivity contribution < 1.29 is 0 Å². The molecule has 2 aliphatic rings. The second-order valence-electron chi connectivity index (χ2n) is 7.99. The van der Waals surface area contributed by atoms with Gasteiger partial charge in [0, 0.05) is 24.9 Å². The summed E-state index contributed by atoms with van der Waals surface area (Å²) in [5.41, 5.74) is 4.73. The van der Waals surface area contributed by atoms with Gasteiger partial charge in [0.15, 0.2) is 10.3 Å². The minimum absolute atomic E-state index is 0.690. The Hall–Kier alpha value is -2.05. The summed E-state index contributed by atoms with van der Waals surface area (Å²) in [5.74, 6) is 0. The lowest BCUT2D eigenvalue weighted by Crippen LogP contribution is -2.30. The molecule has 2 heterocycles. The molecule has 0 amide bonds. The Balaban J connectivity index is 1.18. The maximum absolute atomic E-state index is 4.90. The molecule has 1 saturated carbocycles. The van der Waals surface area contributed by atoms with Gasteiger partial charge in [0.05, 0.1) is 15.9 Å². The third-order valence-electron chi connectivity index (χ3n) is 5.87. The summed E-state index contributed by atoms with van der Waals surface area (Å²) in [4.78, 5) is 12.0. The molecule has 1 N–H and O–H groups in total. The van der Waals surface area contributed by atoms with E-state index in [-0.39, 0.29) is 0 Å². The molecule has 1 unspecified atom stereocenters. The summed E-state index contributed by atoms with van der Waals surface area (Å²) in [6.45, 7) is 3.00. The van der Waals surface area contributed by atoms with Crippen molar-refractivity contribution in [1.82, 2.24) is 9.88 Å². The van der Waals surface area contributed by atoms with Crippen molar-refractivity contribution in [2.45, 2.75) is 43.9 Å². The summed E-state index contributed by atoms with van der Waals surface area (Å²) < 4.78 is 1.25. The maximum Gasteiger partial charge on any atom is 0.183 e. The van der Waals surface area contributed by atoms with E-state index in [1.54, 1.807) is 11.3 Å². The van der Waals surface area contributed by atoms with E-state index < -0.39 is 0 Å². The number of thiazole rings is 1. The van der Waals surface area contributed by atoms with Gasteiger partial charge < -0.3 is 10.2 Å². The highest BCUT2D eigenvalue weighted by Gasteiger charge is 2.39. The molecule has 3 aromatic rings. The molecule has 0 radical (unpaired) electrons. The lowest BCUT2D eigenvalue weighted by atomic mass is 10.1. The van der Waals surface area contributed by atoms with E-state index in [4.69, 9.17) is 4.99 Å². The first-order chi connectivity index (χ1) is 14.2. The zero-order valence-corrected chi connectivity index (χ0v) is 18.5. The van der Waals surface area contributed by atoms with Gasteiger partial charge in [0.2, 0.25) is 0 Å². The Kier molecular flexibility index (Phi) is 5.22. The van der Waals surface area contributed by atoms with Crippen molar-refractivity contribution in [1.29, 1.82) is 0 Å². The van der Waals surface area contributed by atoms with Crippen LogP contribution >= 0.6 is 23.1 Å². The number of hydrogen-bond donors (Lipinski definition) is 1. The number of nitrogens with one attached hydrogen (secondary N) is 1. The van der Waals surface area contributed by atoms with Gasteiger partial charge in [-0.25, -0.2) is 9.98 Å². The van der Waals surface area contributed by atoms with Crippen molar-refractivity contribution in [3.05, 3.63) is 53.6 Å². The Morgan fingerprint density at radius 1 is 1.17 bits per heavy atom. The van der Waals surface area contributed by atoms with Gasteiger partial charge in [-0.3, -0.25) is 0 Å². The zero-order valence-electron chi connectivity index (χ0n) is 16.9. The van der Waals surface area contributed by atoms with Crippen molar-refractivity contribution in [2.75, 3.05) is 18.9 Å². The summed E-state index contributed by atoms with van der Waals surface area (Å²) in [5, 5.41) is 6.40. The van der Waals surface area contributed by atoms with Gasteiger partial charge in [-0.2, -0.15) is 0 Å². The number of aromatic nitrogens is 1. The molecule has 2 atom stereocenters. The van der Waals surface area contributed by atoms with Gasteiger partial charge in [0.1, 0.15) is 0 Å². The molecule has 150 valence electrons. The molecule has 1 aliphatic heterocycles. The molecule has 1 saturated heterocycles. The number of anilines is 1. The fraction of sp³-hybridized carbons (Fsp3) is 0.391. The third kappa shape index (κ3) is 4.01. The van der Waals surface area contributed by atoms with E-state index >= 15 is 0 Å². The van der Waals surface area contributed by atoms with Gasteiger partial charge in [-0.1, -0.05) is 47.7 Å². The highest BCUT2D eigenvalue weighted by Crippen LogP contribution is 2.41. The van der Waals surface area contributed by atoms with Gasteiger partial charge >= 0.3 is 0 Å². The predicted octanol–water partition coefficient (Wildman–Crippen LogP) is 5.85. The molecule has 0 bridgehead atoms. The van der Waals surface area contributed by atoms with Crippen molar-refractivity contribution in [3.8, 4) is 0 Å². The first-order valence-electron chi connectivity index (χ1n) is 10.3. The molecule has 2 fully saturated rings. The van der Waals surface area contributed by atoms with E-state index in [0.29, 0.717) is 6.04 Å². The standard InChI is InChI=1S/C23H26N4S2/c1-15-6-11-18-21(14-15)28-22(26-18)24-13-12-16-7-9-17(10-8-16)25-23-27(2)19-4-3-5-20(19)29-23/h6-11,14,19-20H,3-5,12-13H2,1-2H3,(H,24,26)/t19-,20?/m1/s1. The number of nitrogens with zero attached hydrogens (tertiary/aromatic N) is 3. The Bertz CT molecular complexity index is 1040. The fourth-order valence-electron chi connectivity index (χ4n) is 4.22. The minimum atomic E-state index is 0.690. The molecule has 5 rings (SSSR count). The van der Waals surface area contributed by atoms with Crippen LogP contribution in [0.3, 0.4) is 0 Å². The Morgan fingerprint density at radius 2 is 2.03 bits per heavy atom. The topological polar surface area (TPSA) is 40.5 Å². The lowest BCUT2D eigenvalue weighted by molar-refractivity contribution is 0.397. The molecule has 6 heteroatoms. The minimum Gasteiger partial charge on any atom is -0.361 e. The first-order valence-corrected chi connectivity index (χ1v) is 12.0. The van der Waals surface area contributed by atoms with Gasteiger partial charge in [0.25, 0.3) is 0 Å². The summed E-state index contributed by atoms with van der Waals surface area (Å²) >= 11 is 3.69. The van der Waals surface area contributed by atoms with E-state index in [0.717, 1.165) is 34.6 Å². The monoisotopic (exact) mass is 422 g/mol. The van der Waals surface area contributed by atoms with Gasteiger partial charge in [-0.15, -0.1) is 0 Å². The normalized spacial score (nSPS) is 22.6. The average Bonchev–Trinajstić information content (AvgIpc) is 3.40. The van der Waals surface area contributed by atoms with Crippen LogP contribution in [0.4, 0.5) is 10.8 Å². The number of thioether (sulfide) groups is 1. The molecule has 0 spiro atoms. The predicted molar refractivity (Wildman–Crippen MR) is 127 cm³/mol. The van der Waals surface area contributed by atoms with Crippen LogP contribution in [0.1, 0.15) is 30.4 Å². The van der Waals surface area contributed by atoms with Crippen LogP contribution in [0.25, 0.3) is 10.2 Å². The highest BCUT2D eigenvalue weighted by atomic mass is 32.2. The van der Waals surface area contributed by atoms with Crippen molar-refractivity contribution in [3.63, 3.8) is 0 Å². The smallest absolute Gasteiger partial charge is 0.183 e. The SMILES string of the molecule is Cc1ccc2nc(NCCc3ccc(N=C4SC5CCC[C@H]5N4C)cc3)sc2c1. The third-order valence-corrected chi connectivity index (χ3v) is 8.29. The van der Waals surface area contributed by atoms with Crippen molar-refractivity contribution >= 4 is 49.3 Å². The van der Waals surface area contributed by atoms with Crippen LogP contribution in [-0.4, -0.2) is 39.9 Å². The quantitative estimate of drug-likeness (QED) is 0.560. The fourth-order valence-corrected chi connectivity index (χ4v) is 6.70. The molecule has 1 aromatic heterocycles. The molecular formula is C23H26N4S2. The van der Waals surface area contributed by atoms with Crippen LogP contribution < -0.4 is 5.32 Å². The maximum atomic E-state index is 4.90. The number of benzene rings is 2. The number of rotatable bonds is 5. The highest BCUT2D eigenvalue weighted by molar-refractivity contribution is 8.14. The Morgan fingerprint density at radius 3 is 2.86 bits per heavy atom. The lowest BCUT2D eigenvalue weighted by Gasteiger charge is -2.19. The number of amidine groups is 1. The molecule has 29 heavy (non-hydrogen) atoms. The largest absolute Gasteiger partial charge is 0.361 e. The van der Waals surface area contributed by atoms with Gasteiger partial charge in [-0.05, 0) is 61.6 Å². The van der Waals surface area contributed by atoms with E-state index in [1.165, 1.54) is 40.3 Å². The Labute approximate surface area is 180 Å². The van der Waals surface area contributed by atoms with E-state index in [9.17, 15) is 0 Å². The van der Waals surface area contributed by atoms with E-state index in [2.05, 4.69) is 71.6 Å². The number of hydrogen-bond acceptors (Lipinski definition) is 5. The molecule has 2 aromatic carbocycles. The van der Waals surface area contributed by atoms with E-state index in [1.807, 2.05) is 11.8 Å². The molecule has 1 aliphatic carbocycles. The summed E-state index contributed by atoms with van der Waals surface area (Å²) in [6.07, 6.45) is 4.98. The summed E-state index contributed by atoms with van der Waals surface area (Å²) in [6, 6.07) is 15.8. The second-order valence-corrected chi connectivity index (χ2v) is 10.2. The van der Waals surface area contributed by atoms with Crippen LogP contribution in [0, 0.1) is 6.92 Å². The first kappa shape index (κ1) is 18.9. The van der Waals surface area contributed by atoms with Crippen LogP contribution in [0.5, 0.6) is 0 Å². The van der Waals surface area contributed by atoms with Crippen LogP contribution in [0.2, 0.25) is 0 Å². The number of aliphatic imine (C=N–C) groups is 1. The number of fused-ring (bicyclic) bond motifs is 2. The van der Waals surface area contributed by atoms with Crippen LogP contribution in [-0.2, 0) is 6.42 Å². The zero-order chi connectivity index (χ0) is 19.8. The molecular weight excluding hydrogens is 396 g/mol. The van der Waals surface area contributed by atoms with Crippen LogP contribution in [0.15, 0.2) is 47.5 Å². The molecule has 4 nitrogen and oxygen atoms in total.